The Bertz CT molecular complexity index is 966. The first-order valence-corrected chi connectivity index (χ1v) is 11.8. The summed E-state index contributed by atoms with van der Waals surface area (Å²) >= 11 is 0. The summed E-state index contributed by atoms with van der Waals surface area (Å²) in [5.41, 5.74) is 7.72. The van der Waals surface area contributed by atoms with Crippen molar-refractivity contribution in [3.8, 4) is 11.3 Å². The number of benzene rings is 1. The van der Waals surface area contributed by atoms with Gasteiger partial charge in [0.2, 0.25) is 7.37 Å². The smallest absolute Gasteiger partial charge is 0.320 e. The molecule has 1 unspecified atom stereocenters. The Kier molecular flexibility index (Phi) is 6.77. The van der Waals surface area contributed by atoms with Crippen molar-refractivity contribution in [2.45, 2.75) is 31.0 Å². The van der Waals surface area contributed by atoms with Crippen molar-refractivity contribution in [3.63, 3.8) is 0 Å². The molecule has 1 aliphatic rings. The monoisotopic (exact) mass is 438 g/mol. The standard InChI is InChI=1S/C20H28FN4O4P/c1-24-14-23-11-18(24)17-10-16(21)5-4-15(17)12-25-8-9-30(28,29)20(13-25,19(26)27)6-2-3-7-22/h4-5,10-11,14H,2-3,6-9,12-13,22H2,1H3,(H,26,27)(H,28,29)/t20-/m0/s1. The highest BCUT2D eigenvalue weighted by molar-refractivity contribution is 7.61. The molecule has 0 saturated carbocycles. The number of hydrogen-bond acceptors (Lipinski definition) is 5. The molecule has 1 aromatic carbocycles. The van der Waals surface area contributed by atoms with Crippen LogP contribution in [-0.2, 0) is 23.0 Å². The van der Waals surface area contributed by atoms with Crippen LogP contribution in [0.2, 0.25) is 0 Å². The lowest BCUT2D eigenvalue weighted by atomic mass is 9.98. The first-order valence-electron chi connectivity index (χ1n) is 9.93. The topological polar surface area (TPSA) is 122 Å². The zero-order chi connectivity index (χ0) is 21.9. The molecule has 2 aromatic rings. The van der Waals surface area contributed by atoms with E-state index in [4.69, 9.17) is 5.73 Å². The van der Waals surface area contributed by atoms with E-state index in [1.165, 1.54) is 12.1 Å². The number of nitrogens with zero attached hydrogens (tertiary/aromatic N) is 3. The number of imidazole rings is 1. The zero-order valence-electron chi connectivity index (χ0n) is 17.0. The van der Waals surface area contributed by atoms with Crippen LogP contribution in [0.1, 0.15) is 24.8 Å². The van der Waals surface area contributed by atoms with Crippen molar-refractivity contribution >= 4 is 13.3 Å². The number of halogens is 1. The predicted molar refractivity (Wildman–Crippen MR) is 112 cm³/mol. The van der Waals surface area contributed by atoms with Crippen molar-refractivity contribution in [1.29, 1.82) is 0 Å². The lowest BCUT2D eigenvalue weighted by Crippen LogP contribution is -2.53. The molecule has 0 radical (unpaired) electrons. The number of nitrogens with two attached hydrogens (primary N) is 1. The molecule has 0 bridgehead atoms. The number of hydrogen-bond donors (Lipinski definition) is 3. The summed E-state index contributed by atoms with van der Waals surface area (Å²) in [6.07, 6.45) is 4.34. The van der Waals surface area contributed by atoms with Crippen molar-refractivity contribution < 1.29 is 23.7 Å². The number of rotatable bonds is 8. The molecule has 0 amide bonds. The second-order valence-electron chi connectivity index (χ2n) is 7.91. The average molecular weight is 438 g/mol. The van der Waals surface area contributed by atoms with E-state index in [1.807, 2.05) is 11.9 Å². The maximum absolute atomic E-state index is 14.0. The molecule has 0 aliphatic carbocycles. The zero-order valence-corrected chi connectivity index (χ0v) is 17.9. The third-order valence-electron chi connectivity index (χ3n) is 5.87. The first kappa shape index (κ1) is 22.6. The Hall–Kier alpha value is -2.06. The Balaban J connectivity index is 1.90. The molecular formula is C20H28FN4O4P. The van der Waals surface area contributed by atoms with Gasteiger partial charge >= 0.3 is 5.97 Å². The minimum atomic E-state index is -3.90. The first-order chi connectivity index (χ1) is 14.2. The second-order valence-corrected chi connectivity index (χ2v) is 10.6. The molecular weight excluding hydrogens is 410 g/mol. The van der Waals surface area contributed by atoms with Gasteiger partial charge in [-0.25, -0.2) is 9.37 Å². The van der Waals surface area contributed by atoms with E-state index in [2.05, 4.69) is 4.98 Å². The maximum Gasteiger partial charge on any atom is 0.320 e. The molecule has 30 heavy (non-hydrogen) atoms. The van der Waals surface area contributed by atoms with E-state index in [-0.39, 0.29) is 24.9 Å². The van der Waals surface area contributed by atoms with Gasteiger partial charge in [-0.2, -0.15) is 0 Å². The van der Waals surface area contributed by atoms with Crippen LogP contribution in [0.15, 0.2) is 30.7 Å². The molecule has 164 valence electrons. The summed E-state index contributed by atoms with van der Waals surface area (Å²) in [4.78, 5) is 28.7. The molecule has 2 atom stereocenters. The van der Waals surface area contributed by atoms with Gasteiger partial charge in [0.15, 0.2) is 5.16 Å². The number of aryl methyl sites for hydroxylation is 1. The summed E-state index contributed by atoms with van der Waals surface area (Å²) in [5.74, 6) is -1.63. The molecule has 1 aromatic heterocycles. The van der Waals surface area contributed by atoms with Crippen molar-refractivity contribution in [1.82, 2.24) is 14.5 Å². The number of carboxylic acid groups (broad SMARTS) is 1. The SMILES string of the molecule is Cn1cncc1-c1cc(F)ccc1CN1CCP(=O)(O)[C@](CCCCN)(C(=O)O)C1. The van der Waals surface area contributed by atoms with Crippen LogP contribution in [0.3, 0.4) is 0 Å². The highest BCUT2D eigenvalue weighted by atomic mass is 31.2. The molecule has 10 heteroatoms. The minimum absolute atomic E-state index is 0.0388. The number of aliphatic carboxylic acids is 1. The van der Waals surface area contributed by atoms with Gasteiger partial charge in [-0.3, -0.25) is 14.3 Å². The van der Waals surface area contributed by atoms with Gasteiger partial charge in [-0.1, -0.05) is 12.5 Å². The van der Waals surface area contributed by atoms with Gasteiger partial charge in [0.1, 0.15) is 5.82 Å². The van der Waals surface area contributed by atoms with Crippen LogP contribution in [0.25, 0.3) is 11.3 Å². The van der Waals surface area contributed by atoms with E-state index < -0.39 is 18.5 Å². The Morgan fingerprint density at radius 3 is 2.80 bits per heavy atom. The molecule has 1 saturated heterocycles. The Labute approximate surface area is 175 Å². The predicted octanol–water partition coefficient (Wildman–Crippen LogP) is 2.26. The van der Waals surface area contributed by atoms with Gasteiger partial charge < -0.3 is 20.3 Å². The fourth-order valence-corrected chi connectivity index (χ4v) is 6.32. The summed E-state index contributed by atoms with van der Waals surface area (Å²) in [7, 11) is -2.09. The Morgan fingerprint density at radius 2 is 2.17 bits per heavy atom. The lowest BCUT2D eigenvalue weighted by molar-refractivity contribution is -0.141. The fraction of sp³-hybridized carbons (Fsp3) is 0.500. The quantitative estimate of drug-likeness (QED) is 0.427. The van der Waals surface area contributed by atoms with E-state index in [1.54, 1.807) is 23.2 Å². The highest BCUT2D eigenvalue weighted by Crippen LogP contribution is 2.59. The van der Waals surface area contributed by atoms with Gasteiger partial charge in [0.05, 0.1) is 18.2 Å². The minimum Gasteiger partial charge on any atom is -0.480 e. The molecule has 0 spiro atoms. The molecule has 8 nitrogen and oxygen atoms in total. The van der Waals surface area contributed by atoms with E-state index in [0.717, 1.165) is 11.3 Å². The number of unbranched alkanes of at least 4 members (excludes halogenated alkanes) is 1. The van der Waals surface area contributed by atoms with Crippen LogP contribution in [0, 0.1) is 5.82 Å². The van der Waals surface area contributed by atoms with Crippen LogP contribution >= 0.6 is 7.37 Å². The summed E-state index contributed by atoms with van der Waals surface area (Å²) in [5, 5.41) is 8.22. The van der Waals surface area contributed by atoms with Crippen LogP contribution in [-0.4, -0.2) is 61.4 Å². The van der Waals surface area contributed by atoms with Crippen molar-refractivity contribution in [3.05, 3.63) is 42.1 Å². The summed E-state index contributed by atoms with van der Waals surface area (Å²) in [6.45, 7) is 0.996. The highest BCUT2D eigenvalue weighted by Gasteiger charge is 2.56. The van der Waals surface area contributed by atoms with Crippen LogP contribution in [0.5, 0.6) is 0 Å². The molecule has 2 heterocycles. The Morgan fingerprint density at radius 1 is 1.40 bits per heavy atom. The van der Waals surface area contributed by atoms with Gasteiger partial charge in [0, 0.05) is 38.4 Å². The van der Waals surface area contributed by atoms with Gasteiger partial charge in [0.25, 0.3) is 0 Å². The number of carbonyl (C=O) groups is 1. The third kappa shape index (κ3) is 4.34. The maximum atomic E-state index is 14.0. The van der Waals surface area contributed by atoms with E-state index in [9.17, 15) is 23.7 Å². The van der Waals surface area contributed by atoms with Crippen LogP contribution < -0.4 is 5.73 Å². The van der Waals surface area contributed by atoms with E-state index >= 15 is 0 Å². The fourth-order valence-electron chi connectivity index (χ4n) is 4.11. The largest absolute Gasteiger partial charge is 0.480 e. The second kappa shape index (κ2) is 8.98. The van der Waals surface area contributed by atoms with E-state index in [0.29, 0.717) is 38.0 Å². The average Bonchev–Trinajstić information content (AvgIpc) is 3.11. The number of aromatic nitrogens is 2. The number of carboxylic acids is 1. The lowest BCUT2D eigenvalue weighted by Gasteiger charge is -2.43. The summed E-state index contributed by atoms with van der Waals surface area (Å²) < 4.78 is 28.7. The van der Waals surface area contributed by atoms with Crippen molar-refractivity contribution in [2.24, 2.45) is 12.8 Å². The summed E-state index contributed by atoms with van der Waals surface area (Å²) in [6, 6.07) is 4.46. The van der Waals surface area contributed by atoms with Gasteiger partial charge in [-0.15, -0.1) is 0 Å². The molecule has 1 aliphatic heterocycles. The third-order valence-corrected chi connectivity index (χ3v) is 8.57. The molecule has 1 fully saturated rings. The van der Waals surface area contributed by atoms with Crippen molar-refractivity contribution in [2.75, 3.05) is 25.8 Å². The van der Waals surface area contributed by atoms with Crippen LogP contribution in [0.4, 0.5) is 4.39 Å². The molecule has 3 rings (SSSR count). The molecule has 4 N–H and O–H groups in total. The van der Waals surface area contributed by atoms with Gasteiger partial charge in [-0.05, 0) is 37.1 Å². The normalized spacial score (nSPS) is 24.8.